The Morgan fingerprint density at radius 2 is 0.605 bits per heavy atom. The van der Waals surface area contributed by atoms with E-state index in [4.69, 9.17) is 17.7 Å². The molecule has 0 saturated heterocycles. The fourth-order valence-electron chi connectivity index (χ4n) is 4.42. The van der Waals surface area contributed by atoms with E-state index in [0.29, 0.717) is 0 Å². The largest absolute Gasteiger partial charge is 0.456 e. The lowest BCUT2D eigenvalue weighted by Gasteiger charge is -2.13. The topological polar surface area (TPSA) is 52.6 Å². The molecule has 0 unspecified atom stereocenters. The van der Waals surface area contributed by atoms with Gasteiger partial charge < -0.3 is 17.7 Å². The van der Waals surface area contributed by atoms with Crippen LogP contribution in [0.4, 0.5) is 0 Å². The molecule has 1 aliphatic heterocycles. The monoisotopic (exact) mass is 532 g/mol. The van der Waals surface area contributed by atoms with Crippen molar-refractivity contribution in [1.82, 2.24) is 0 Å². The second-order valence-corrected chi connectivity index (χ2v) is 12.9. The number of furan rings is 4. The molecule has 2 aromatic carbocycles. The van der Waals surface area contributed by atoms with Crippen molar-refractivity contribution in [3.05, 3.63) is 132 Å². The van der Waals surface area contributed by atoms with Crippen molar-refractivity contribution in [3.63, 3.8) is 0 Å². The van der Waals surface area contributed by atoms with E-state index in [2.05, 4.69) is 24.3 Å². The molecule has 5 heterocycles. The summed E-state index contributed by atoms with van der Waals surface area (Å²) >= 11 is 0. The van der Waals surface area contributed by atoms with E-state index in [1.165, 1.54) is 0 Å². The highest BCUT2D eigenvalue weighted by atomic mass is 31.1. The molecule has 0 aliphatic carbocycles. The third-order valence-corrected chi connectivity index (χ3v) is 10.5. The molecule has 7 rings (SSSR count). The highest BCUT2D eigenvalue weighted by Gasteiger charge is 2.25. The van der Waals surface area contributed by atoms with Crippen molar-refractivity contribution in [2.24, 2.45) is 0 Å². The Hall–Kier alpha value is -4.10. The Labute approximate surface area is 222 Å². The lowest BCUT2D eigenvalue weighted by atomic mass is 10.3. The minimum Gasteiger partial charge on any atom is -0.456 e. The zero-order valence-corrected chi connectivity index (χ0v) is 22.0. The molecule has 1 aliphatic rings. The summed E-state index contributed by atoms with van der Waals surface area (Å²) in [7, 11) is -1.98. The third-order valence-electron chi connectivity index (χ3n) is 6.18. The molecule has 0 atom stereocenters. The average molecular weight is 532 g/mol. The van der Waals surface area contributed by atoms with Gasteiger partial charge in [0.05, 0.1) is 15.8 Å². The second kappa shape index (κ2) is 9.99. The van der Waals surface area contributed by atoms with Gasteiger partial charge in [0.15, 0.2) is 0 Å². The average Bonchev–Trinajstić information content (AvgIpc) is 3.77. The van der Waals surface area contributed by atoms with E-state index in [1.807, 2.05) is 109 Å². The van der Waals surface area contributed by atoms with Crippen molar-refractivity contribution in [1.29, 1.82) is 0 Å². The van der Waals surface area contributed by atoms with E-state index in [-0.39, 0.29) is 0 Å². The molecule has 0 N–H and O–H groups in total. The van der Waals surface area contributed by atoms with E-state index in [1.54, 1.807) is 0 Å². The van der Waals surface area contributed by atoms with Crippen molar-refractivity contribution in [2.45, 2.75) is 0 Å². The van der Waals surface area contributed by atoms with Gasteiger partial charge in [-0.3, -0.25) is 0 Å². The standard InChI is InChI=1S/C32H22O4P2/c1-3-7-27(8-4-1)37-29-19-15-23(33-29)11-13-25-17-21-31(35-25)38(28-9-5-2-6-10-28)32-22-18-26(36-32)14-12-24-16-20-30(37)34-24/h1-22H/b13-11+,14-12+. The highest BCUT2D eigenvalue weighted by molar-refractivity contribution is 7.79. The summed E-state index contributed by atoms with van der Waals surface area (Å²) in [6, 6.07) is 36.8. The van der Waals surface area contributed by atoms with Crippen LogP contribution in [-0.4, -0.2) is 0 Å². The smallest absolute Gasteiger partial charge is 0.138 e. The van der Waals surface area contributed by atoms with E-state index in [0.717, 1.165) is 55.7 Å². The first kappa shape index (κ1) is 23.0. The first-order valence-corrected chi connectivity index (χ1v) is 14.9. The quantitative estimate of drug-likeness (QED) is 0.248. The molecule has 8 bridgehead atoms. The molecule has 0 spiro atoms. The fraction of sp³-hybridized carbons (Fsp3) is 0. The Kier molecular flexibility index (Phi) is 6.06. The maximum atomic E-state index is 6.33. The fourth-order valence-corrected chi connectivity index (χ4v) is 8.49. The first-order chi connectivity index (χ1) is 18.8. The van der Waals surface area contributed by atoms with Gasteiger partial charge in [0, 0.05) is 0 Å². The van der Waals surface area contributed by atoms with Crippen LogP contribution in [0.3, 0.4) is 0 Å². The molecule has 6 heteroatoms. The van der Waals surface area contributed by atoms with Crippen LogP contribution >= 0.6 is 15.8 Å². The number of fused-ring (bicyclic) bond motifs is 8. The maximum Gasteiger partial charge on any atom is 0.138 e. The Bertz CT molecular complexity index is 1520. The van der Waals surface area contributed by atoms with Gasteiger partial charge in [0.1, 0.15) is 45.0 Å². The second-order valence-electron chi connectivity index (χ2n) is 8.71. The molecular weight excluding hydrogens is 510 g/mol. The molecule has 4 nitrogen and oxygen atoms in total. The molecule has 0 amide bonds. The zero-order chi connectivity index (χ0) is 25.3. The Morgan fingerprint density at radius 1 is 0.316 bits per heavy atom. The predicted molar refractivity (Wildman–Crippen MR) is 157 cm³/mol. The summed E-state index contributed by atoms with van der Waals surface area (Å²) in [4.78, 5) is 0. The molecular formula is C32H22O4P2. The number of rotatable bonds is 2. The van der Waals surface area contributed by atoms with Crippen LogP contribution in [0.5, 0.6) is 0 Å². The van der Waals surface area contributed by atoms with Gasteiger partial charge in [-0.2, -0.15) is 0 Å². The SMILES string of the molecule is C1=C/c2ccc(o2)P(c2ccccc2)c2ccc(o2)/C=C/c2ccc(o2)P(c2ccccc2)c2ccc/1o2. The van der Waals surface area contributed by atoms with Gasteiger partial charge in [-0.1, -0.05) is 60.7 Å². The normalized spacial score (nSPS) is 18.4. The summed E-state index contributed by atoms with van der Waals surface area (Å²) in [6.45, 7) is 0. The summed E-state index contributed by atoms with van der Waals surface area (Å²) in [6.07, 6.45) is 7.78. The van der Waals surface area contributed by atoms with Gasteiger partial charge in [-0.05, 0) is 83.4 Å². The third kappa shape index (κ3) is 4.54. The van der Waals surface area contributed by atoms with Crippen LogP contribution in [0.15, 0.2) is 127 Å². The first-order valence-electron chi connectivity index (χ1n) is 12.3. The maximum absolute atomic E-state index is 6.33. The molecule has 4 aromatic heterocycles. The summed E-state index contributed by atoms with van der Waals surface area (Å²) in [5, 5.41) is 2.32. The summed E-state index contributed by atoms with van der Waals surface area (Å²) < 4.78 is 25.3. The van der Waals surface area contributed by atoms with Crippen molar-refractivity contribution in [3.8, 4) is 0 Å². The molecule has 0 radical (unpaired) electrons. The lowest BCUT2D eigenvalue weighted by Crippen LogP contribution is -2.18. The molecule has 0 fully saturated rings. The minimum atomic E-state index is -0.989. The van der Waals surface area contributed by atoms with Gasteiger partial charge >= 0.3 is 0 Å². The molecule has 6 aromatic rings. The lowest BCUT2D eigenvalue weighted by molar-refractivity contribution is 0.577. The van der Waals surface area contributed by atoms with Gasteiger partial charge in [-0.25, -0.2) is 0 Å². The molecule has 184 valence electrons. The number of hydrogen-bond acceptors (Lipinski definition) is 4. The molecule has 38 heavy (non-hydrogen) atoms. The molecule has 0 saturated carbocycles. The summed E-state index contributed by atoms with van der Waals surface area (Å²) in [5.74, 6) is 3.04. The summed E-state index contributed by atoms with van der Waals surface area (Å²) in [5.41, 5.74) is 3.50. The van der Waals surface area contributed by atoms with Crippen LogP contribution in [0, 0.1) is 0 Å². The van der Waals surface area contributed by atoms with Crippen molar-refractivity contribution >= 4 is 72.8 Å². The Balaban J connectivity index is 1.36. The van der Waals surface area contributed by atoms with E-state index < -0.39 is 15.8 Å². The van der Waals surface area contributed by atoms with Crippen molar-refractivity contribution < 1.29 is 17.7 Å². The Morgan fingerprint density at radius 3 is 0.895 bits per heavy atom. The van der Waals surface area contributed by atoms with E-state index in [9.17, 15) is 0 Å². The number of hydrogen-bond donors (Lipinski definition) is 0. The van der Waals surface area contributed by atoms with Gasteiger partial charge in [0.2, 0.25) is 0 Å². The van der Waals surface area contributed by atoms with Crippen LogP contribution in [0.25, 0.3) is 24.3 Å². The van der Waals surface area contributed by atoms with E-state index >= 15 is 0 Å². The van der Waals surface area contributed by atoms with Crippen LogP contribution in [-0.2, 0) is 0 Å². The predicted octanol–water partition coefficient (Wildman–Crippen LogP) is 6.23. The highest BCUT2D eigenvalue weighted by Crippen LogP contribution is 2.36. The zero-order valence-electron chi connectivity index (χ0n) is 20.2. The van der Waals surface area contributed by atoms with Crippen molar-refractivity contribution in [2.75, 3.05) is 0 Å². The number of benzene rings is 2. The van der Waals surface area contributed by atoms with Crippen LogP contribution in [0.1, 0.15) is 23.0 Å². The van der Waals surface area contributed by atoms with Crippen LogP contribution in [0.2, 0.25) is 0 Å². The van der Waals surface area contributed by atoms with Gasteiger partial charge in [0.25, 0.3) is 0 Å². The van der Waals surface area contributed by atoms with Gasteiger partial charge in [-0.15, -0.1) is 0 Å². The minimum absolute atomic E-state index is 0.759. The van der Waals surface area contributed by atoms with Crippen LogP contribution < -0.4 is 32.6 Å².